The topological polar surface area (TPSA) is 116 Å². The summed E-state index contributed by atoms with van der Waals surface area (Å²) in [7, 11) is 0. The van der Waals surface area contributed by atoms with Gasteiger partial charge in [0.2, 0.25) is 0 Å². The molecule has 0 saturated carbocycles. The minimum Gasteiger partial charge on any atom is -0.478 e. The maximum Gasteiger partial charge on any atom is 0.343 e. The molecule has 5 N–H and O–H groups in total. The summed E-state index contributed by atoms with van der Waals surface area (Å²) in [6.07, 6.45) is 0. The molecule has 0 aliphatic rings. The molecule has 3 aromatic rings. The lowest BCUT2D eigenvalue weighted by Gasteiger charge is -2.11. The number of esters is 1. The van der Waals surface area contributed by atoms with Crippen molar-refractivity contribution in [1.82, 2.24) is 0 Å². The van der Waals surface area contributed by atoms with Gasteiger partial charge in [-0.1, -0.05) is 24.3 Å². The van der Waals surface area contributed by atoms with Gasteiger partial charge in [-0.05, 0) is 48.0 Å². The third kappa shape index (κ3) is 3.49. The first kappa shape index (κ1) is 17.0. The van der Waals surface area contributed by atoms with E-state index in [0.29, 0.717) is 28.1 Å². The maximum absolute atomic E-state index is 12.4. The highest BCUT2D eigenvalue weighted by molar-refractivity contribution is 5.95. The molecule has 6 nitrogen and oxygen atoms in total. The molecule has 0 atom stereocenters. The van der Waals surface area contributed by atoms with E-state index < -0.39 is 11.9 Å². The molecule has 6 heteroatoms. The predicted molar refractivity (Wildman–Crippen MR) is 99.1 cm³/mol. The van der Waals surface area contributed by atoms with Gasteiger partial charge in [-0.25, -0.2) is 9.59 Å². The molecule has 0 unspecified atom stereocenters. The smallest absolute Gasteiger partial charge is 0.343 e. The number of carbonyl (C=O) groups is 2. The van der Waals surface area contributed by atoms with Crippen molar-refractivity contribution in [3.8, 4) is 16.9 Å². The Morgan fingerprint density at radius 3 is 2.23 bits per heavy atom. The summed E-state index contributed by atoms with van der Waals surface area (Å²) in [5.74, 6) is -1.28. The van der Waals surface area contributed by atoms with Crippen LogP contribution in [0.3, 0.4) is 0 Å². The summed E-state index contributed by atoms with van der Waals surface area (Å²) in [6.45, 7) is 0. The minimum absolute atomic E-state index is 0.0186. The molecule has 0 fully saturated rings. The number of aromatic carboxylic acids is 1. The van der Waals surface area contributed by atoms with Crippen LogP contribution < -0.4 is 16.2 Å². The van der Waals surface area contributed by atoms with Crippen LogP contribution in [0.2, 0.25) is 0 Å². The molecule has 0 radical (unpaired) electrons. The third-order valence-corrected chi connectivity index (χ3v) is 3.83. The summed E-state index contributed by atoms with van der Waals surface area (Å²) in [6, 6.07) is 17.9. The number of para-hydroxylation sites is 1. The lowest BCUT2D eigenvalue weighted by atomic mass is 10.0. The number of nitrogen functional groups attached to an aromatic ring is 2. The molecule has 0 aliphatic carbocycles. The third-order valence-electron chi connectivity index (χ3n) is 3.83. The van der Waals surface area contributed by atoms with Crippen LogP contribution in [0.1, 0.15) is 20.7 Å². The van der Waals surface area contributed by atoms with Gasteiger partial charge >= 0.3 is 11.9 Å². The molecule has 130 valence electrons. The molecule has 3 rings (SSSR count). The zero-order valence-electron chi connectivity index (χ0n) is 13.7. The number of anilines is 2. The predicted octanol–water partition coefficient (Wildman–Crippen LogP) is 3.44. The SMILES string of the molecule is Nc1ccc(C(=O)Oc2ccccc2-c2ccc(C(=O)O)c(N)c2)cc1. The van der Waals surface area contributed by atoms with Crippen LogP contribution in [-0.4, -0.2) is 17.0 Å². The van der Waals surface area contributed by atoms with E-state index in [1.54, 1.807) is 60.7 Å². The zero-order chi connectivity index (χ0) is 18.7. The number of rotatable bonds is 4. The highest BCUT2D eigenvalue weighted by Gasteiger charge is 2.14. The highest BCUT2D eigenvalue weighted by Crippen LogP contribution is 2.32. The molecular formula is C20H16N2O4. The minimum atomic E-state index is -1.10. The van der Waals surface area contributed by atoms with Gasteiger partial charge in [0, 0.05) is 16.9 Å². The van der Waals surface area contributed by atoms with Gasteiger partial charge < -0.3 is 21.3 Å². The number of hydrogen-bond donors (Lipinski definition) is 3. The van der Waals surface area contributed by atoms with Crippen molar-refractivity contribution in [3.05, 3.63) is 77.9 Å². The van der Waals surface area contributed by atoms with Crippen LogP contribution in [0.15, 0.2) is 66.7 Å². The molecule has 0 bridgehead atoms. The second-order valence-electron chi connectivity index (χ2n) is 5.61. The second-order valence-corrected chi connectivity index (χ2v) is 5.61. The van der Waals surface area contributed by atoms with E-state index in [9.17, 15) is 9.59 Å². The first-order valence-electron chi connectivity index (χ1n) is 7.75. The zero-order valence-corrected chi connectivity index (χ0v) is 13.7. The summed E-state index contributed by atoms with van der Waals surface area (Å²) >= 11 is 0. The molecule has 0 aromatic heterocycles. The van der Waals surface area contributed by atoms with Crippen molar-refractivity contribution in [3.63, 3.8) is 0 Å². The van der Waals surface area contributed by atoms with Crippen molar-refractivity contribution in [2.75, 3.05) is 11.5 Å². The van der Waals surface area contributed by atoms with Crippen LogP contribution in [-0.2, 0) is 0 Å². The van der Waals surface area contributed by atoms with Gasteiger partial charge in [0.15, 0.2) is 0 Å². The fourth-order valence-electron chi connectivity index (χ4n) is 2.50. The molecule has 0 aliphatic heterocycles. The molecule has 3 aromatic carbocycles. The number of carboxylic acids is 1. The van der Waals surface area contributed by atoms with E-state index in [0.717, 1.165) is 0 Å². The molecule has 0 saturated heterocycles. The molecule has 0 amide bonds. The lowest BCUT2D eigenvalue weighted by Crippen LogP contribution is -2.09. The van der Waals surface area contributed by atoms with E-state index in [-0.39, 0.29) is 11.3 Å². The first-order chi connectivity index (χ1) is 12.5. The summed E-state index contributed by atoms with van der Waals surface area (Å²) in [5.41, 5.74) is 13.8. The normalized spacial score (nSPS) is 10.3. The van der Waals surface area contributed by atoms with Gasteiger partial charge in [-0.3, -0.25) is 0 Å². The van der Waals surface area contributed by atoms with Crippen molar-refractivity contribution >= 4 is 23.3 Å². The monoisotopic (exact) mass is 348 g/mol. The van der Waals surface area contributed by atoms with Gasteiger partial charge in [0.05, 0.1) is 11.1 Å². The quantitative estimate of drug-likeness (QED) is 0.378. The maximum atomic E-state index is 12.4. The Hall–Kier alpha value is -3.80. The average Bonchev–Trinajstić information content (AvgIpc) is 2.62. The Morgan fingerprint density at radius 2 is 1.58 bits per heavy atom. The molecule has 26 heavy (non-hydrogen) atoms. The van der Waals surface area contributed by atoms with Crippen LogP contribution >= 0.6 is 0 Å². The van der Waals surface area contributed by atoms with E-state index in [2.05, 4.69) is 0 Å². The van der Waals surface area contributed by atoms with Crippen LogP contribution in [0.25, 0.3) is 11.1 Å². The number of benzene rings is 3. The Morgan fingerprint density at radius 1 is 0.885 bits per heavy atom. The highest BCUT2D eigenvalue weighted by atomic mass is 16.5. The van der Waals surface area contributed by atoms with E-state index >= 15 is 0 Å². The number of carbonyl (C=O) groups excluding carboxylic acids is 1. The van der Waals surface area contributed by atoms with Crippen LogP contribution in [0, 0.1) is 0 Å². The van der Waals surface area contributed by atoms with Gasteiger partial charge in [-0.2, -0.15) is 0 Å². The van der Waals surface area contributed by atoms with Gasteiger partial charge in [-0.15, -0.1) is 0 Å². The van der Waals surface area contributed by atoms with Gasteiger partial charge in [0.1, 0.15) is 5.75 Å². The molecular weight excluding hydrogens is 332 g/mol. The van der Waals surface area contributed by atoms with E-state index in [1.165, 1.54) is 6.07 Å². The Labute approximate surface area is 149 Å². The fraction of sp³-hybridized carbons (Fsp3) is 0. The second kappa shape index (κ2) is 6.98. The van der Waals surface area contributed by atoms with Crippen molar-refractivity contribution in [1.29, 1.82) is 0 Å². The lowest BCUT2D eigenvalue weighted by molar-refractivity contribution is 0.0695. The summed E-state index contributed by atoms with van der Waals surface area (Å²) < 4.78 is 5.51. The first-order valence-corrected chi connectivity index (χ1v) is 7.75. The van der Waals surface area contributed by atoms with Crippen molar-refractivity contribution in [2.45, 2.75) is 0 Å². The van der Waals surface area contributed by atoms with Crippen LogP contribution in [0.5, 0.6) is 5.75 Å². The number of carboxylic acid groups (broad SMARTS) is 1. The Bertz CT molecular complexity index is 981. The largest absolute Gasteiger partial charge is 0.478 e. The van der Waals surface area contributed by atoms with Gasteiger partial charge in [0.25, 0.3) is 0 Å². The summed E-state index contributed by atoms with van der Waals surface area (Å²) in [5, 5.41) is 9.09. The number of nitrogens with two attached hydrogens (primary N) is 2. The standard InChI is InChI=1S/C20H16N2O4/c21-14-8-5-12(6-9-14)20(25)26-18-4-2-1-3-15(18)13-7-10-16(19(23)24)17(22)11-13/h1-11H,21-22H2,(H,23,24). The number of hydrogen-bond acceptors (Lipinski definition) is 5. The summed E-state index contributed by atoms with van der Waals surface area (Å²) in [4.78, 5) is 23.5. The van der Waals surface area contributed by atoms with E-state index in [1.807, 2.05) is 0 Å². The number of ether oxygens (including phenoxy) is 1. The molecule has 0 heterocycles. The average molecular weight is 348 g/mol. The van der Waals surface area contributed by atoms with Crippen molar-refractivity contribution in [2.24, 2.45) is 0 Å². The van der Waals surface area contributed by atoms with Crippen LogP contribution in [0.4, 0.5) is 11.4 Å². The Balaban J connectivity index is 1.93. The van der Waals surface area contributed by atoms with E-state index in [4.69, 9.17) is 21.3 Å². The Kier molecular flexibility index (Phi) is 4.57. The fourth-order valence-corrected chi connectivity index (χ4v) is 2.50. The molecule has 0 spiro atoms. The van der Waals surface area contributed by atoms with Crippen molar-refractivity contribution < 1.29 is 19.4 Å².